The highest BCUT2D eigenvalue weighted by Crippen LogP contribution is 2.30. The second kappa shape index (κ2) is 8.43. The van der Waals surface area contributed by atoms with Gasteiger partial charge >= 0.3 is 0 Å². The molecule has 1 aromatic heterocycles. The highest BCUT2D eigenvalue weighted by Gasteiger charge is 2.29. The third-order valence-electron chi connectivity index (χ3n) is 5.20. The molecule has 1 amide bonds. The molecule has 0 saturated carbocycles. The van der Waals surface area contributed by atoms with Crippen molar-refractivity contribution in [1.29, 1.82) is 0 Å². The zero-order chi connectivity index (χ0) is 21.1. The van der Waals surface area contributed by atoms with Gasteiger partial charge in [0.2, 0.25) is 5.91 Å². The van der Waals surface area contributed by atoms with Gasteiger partial charge in [0.15, 0.2) is 5.82 Å². The van der Waals surface area contributed by atoms with Crippen LogP contribution in [0.1, 0.15) is 41.9 Å². The quantitative estimate of drug-likeness (QED) is 0.644. The number of hydrogen-bond donors (Lipinski definition) is 0. The summed E-state index contributed by atoms with van der Waals surface area (Å²) >= 11 is 0. The SMILES string of the molecule is CCC(=O)N(C)C(c1ccc(N(C)C)cc1)c1nnnn1-c1c(C)cccc1C. The summed E-state index contributed by atoms with van der Waals surface area (Å²) in [6.45, 7) is 5.94. The van der Waals surface area contributed by atoms with Crippen LogP contribution in [0.15, 0.2) is 42.5 Å². The number of aryl methyl sites for hydroxylation is 2. The minimum atomic E-state index is -0.396. The molecule has 0 aliphatic carbocycles. The summed E-state index contributed by atoms with van der Waals surface area (Å²) in [4.78, 5) is 16.4. The van der Waals surface area contributed by atoms with Crippen LogP contribution in [0.4, 0.5) is 5.69 Å². The lowest BCUT2D eigenvalue weighted by Crippen LogP contribution is -2.33. The van der Waals surface area contributed by atoms with Gasteiger partial charge in [-0.25, -0.2) is 0 Å². The molecule has 0 saturated heterocycles. The summed E-state index contributed by atoms with van der Waals surface area (Å²) in [6.07, 6.45) is 0.410. The number of benzene rings is 2. The zero-order valence-corrected chi connectivity index (χ0v) is 17.9. The number of carbonyl (C=O) groups is 1. The fourth-order valence-corrected chi connectivity index (χ4v) is 3.56. The van der Waals surface area contributed by atoms with Gasteiger partial charge in [0, 0.05) is 33.3 Å². The molecule has 0 fully saturated rings. The Morgan fingerprint density at radius 2 is 1.66 bits per heavy atom. The highest BCUT2D eigenvalue weighted by atomic mass is 16.2. The number of rotatable bonds is 6. The molecule has 152 valence electrons. The minimum Gasteiger partial charge on any atom is -0.378 e. The number of nitrogens with zero attached hydrogens (tertiary/aromatic N) is 6. The molecule has 0 spiro atoms. The van der Waals surface area contributed by atoms with Gasteiger partial charge in [0.1, 0.15) is 6.04 Å². The lowest BCUT2D eigenvalue weighted by Gasteiger charge is -2.28. The number of carbonyl (C=O) groups excluding carboxylic acids is 1. The van der Waals surface area contributed by atoms with Crippen molar-refractivity contribution < 1.29 is 4.79 Å². The van der Waals surface area contributed by atoms with E-state index in [1.165, 1.54) is 0 Å². The van der Waals surface area contributed by atoms with Crippen LogP contribution >= 0.6 is 0 Å². The second-order valence-corrected chi connectivity index (χ2v) is 7.44. The largest absolute Gasteiger partial charge is 0.378 e. The molecule has 29 heavy (non-hydrogen) atoms. The standard InChI is InChI=1S/C22H28N6O/c1-7-19(29)27(6)21(17-11-13-18(14-12-17)26(4)5)22-23-24-25-28(22)20-15(2)9-8-10-16(20)3/h8-14,21H,7H2,1-6H3. The van der Waals surface area contributed by atoms with Gasteiger partial charge in [-0.15, -0.1) is 5.10 Å². The number of anilines is 1. The number of aromatic nitrogens is 4. The van der Waals surface area contributed by atoms with Gasteiger partial charge in [0.25, 0.3) is 0 Å². The van der Waals surface area contributed by atoms with Crippen LogP contribution in [0.5, 0.6) is 0 Å². The maximum absolute atomic E-state index is 12.6. The average molecular weight is 393 g/mol. The predicted molar refractivity (Wildman–Crippen MR) is 114 cm³/mol. The first-order chi connectivity index (χ1) is 13.8. The van der Waals surface area contributed by atoms with Crippen LogP contribution in [0, 0.1) is 13.8 Å². The van der Waals surface area contributed by atoms with Gasteiger partial charge in [-0.3, -0.25) is 4.79 Å². The van der Waals surface area contributed by atoms with Crippen molar-refractivity contribution in [3.8, 4) is 5.69 Å². The van der Waals surface area contributed by atoms with Crippen molar-refractivity contribution in [2.24, 2.45) is 0 Å². The Hall–Kier alpha value is -3.22. The first kappa shape index (κ1) is 20.5. The molecule has 2 aromatic carbocycles. The van der Waals surface area contributed by atoms with E-state index in [0.29, 0.717) is 12.2 Å². The van der Waals surface area contributed by atoms with Crippen LogP contribution < -0.4 is 4.90 Å². The normalized spacial score (nSPS) is 11.9. The number of tetrazole rings is 1. The van der Waals surface area contributed by atoms with Gasteiger partial charge in [-0.2, -0.15) is 4.68 Å². The monoisotopic (exact) mass is 392 g/mol. The Morgan fingerprint density at radius 3 is 2.21 bits per heavy atom. The fraction of sp³-hybridized carbons (Fsp3) is 0.364. The van der Waals surface area contributed by atoms with Crippen molar-refractivity contribution in [1.82, 2.24) is 25.1 Å². The molecule has 1 unspecified atom stereocenters. The Kier molecular flexibility index (Phi) is 5.96. The van der Waals surface area contributed by atoms with E-state index < -0.39 is 6.04 Å². The lowest BCUT2D eigenvalue weighted by molar-refractivity contribution is -0.131. The Bertz CT molecular complexity index is 973. The van der Waals surface area contributed by atoms with Crippen LogP contribution in [-0.2, 0) is 4.79 Å². The van der Waals surface area contributed by atoms with Crippen molar-refractivity contribution in [2.45, 2.75) is 33.2 Å². The van der Waals surface area contributed by atoms with E-state index in [2.05, 4.69) is 15.5 Å². The predicted octanol–water partition coefficient (Wildman–Crippen LogP) is 3.30. The fourth-order valence-electron chi connectivity index (χ4n) is 3.56. The molecule has 0 aliphatic heterocycles. The molecule has 7 nitrogen and oxygen atoms in total. The van der Waals surface area contributed by atoms with E-state index in [9.17, 15) is 4.79 Å². The Balaban J connectivity index is 2.16. The van der Waals surface area contributed by atoms with Gasteiger partial charge in [-0.05, 0) is 53.1 Å². The number of para-hydroxylation sites is 1. The van der Waals surface area contributed by atoms with Crippen molar-refractivity contribution >= 4 is 11.6 Å². The van der Waals surface area contributed by atoms with Gasteiger partial charge in [0.05, 0.1) is 5.69 Å². The first-order valence-corrected chi connectivity index (χ1v) is 9.73. The molecule has 7 heteroatoms. The first-order valence-electron chi connectivity index (χ1n) is 9.73. The third-order valence-corrected chi connectivity index (χ3v) is 5.20. The summed E-state index contributed by atoms with van der Waals surface area (Å²) in [7, 11) is 5.81. The van der Waals surface area contributed by atoms with Crippen LogP contribution in [0.25, 0.3) is 5.69 Å². The van der Waals surface area contributed by atoms with Crippen LogP contribution in [-0.4, -0.2) is 52.2 Å². The molecule has 0 N–H and O–H groups in total. The Labute approximate surface area is 171 Å². The summed E-state index contributed by atoms with van der Waals surface area (Å²) in [5, 5.41) is 12.6. The highest BCUT2D eigenvalue weighted by molar-refractivity contribution is 5.76. The minimum absolute atomic E-state index is 0.0303. The van der Waals surface area contributed by atoms with E-state index in [4.69, 9.17) is 0 Å². The van der Waals surface area contributed by atoms with E-state index in [0.717, 1.165) is 28.1 Å². The van der Waals surface area contributed by atoms with E-state index in [-0.39, 0.29) is 5.91 Å². The van der Waals surface area contributed by atoms with Crippen molar-refractivity contribution in [3.63, 3.8) is 0 Å². The second-order valence-electron chi connectivity index (χ2n) is 7.44. The van der Waals surface area contributed by atoms with Crippen LogP contribution in [0.2, 0.25) is 0 Å². The summed E-state index contributed by atoms with van der Waals surface area (Å²) in [6, 6.07) is 13.8. The number of amides is 1. The summed E-state index contributed by atoms with van der Waals surface area (Å²) < 4.78 is 1.76. The third kappa shape index (κ3) is 3.99. The number of hydrogen-bond acceptors (Lipinski definition) is 5. The zero-order valence-electron chi connectivity index (χ0n) is 17.9. The average Bonchev–Trinajstić information content (AvgIpc) is 3.16. The maximum atomic E-state index is 12.6. The van der Waals surface area contributed by atoms with Gasteiger partial charge in [-0.1, -0.05) is 37.3 Å². The lowest BCUT2D eigenvalue weighted by atomic mass is 10.0. The molecule has 3 rings (SSSR count). The smallest absolute Gasteiger partial charge is 0.222 e. The van der Waals surface area contributed by atoms with E-state index in [1.807, 2.05) is 82.2 Å². The summed E-state index contributed by atoms with van der Waals surface area (Å²) in [5.41, 5.74) is 5.14. The van der Waals surface area contributed by atoms with Gasteiger partial charge < -0.3 is 9.80 Å². The topological polar surface area (TPSA) is 67.2 Å². The van der Waals surface area contributed by atoms with Crippen molar-refractivity contribution in [2.75, 3.05) is 26.0 Å². The summed E-state index contributed by atoms with van der Waals surface area (Å²) in [5.74, 6) is 0.645. The maximum Gasteiger partial charge on any atom is 0.222 e. The van der Waals surface area contributed by atoms with E-state index in [1.54, 1.807) is 16.6 Å². The molecule has 1 atom stereocenters. The Morgan fingerprint density at radius 1 is 1.03 bits per heavy atom. The molecule has 0 aliphatic rings. The molecular formula is C22H28N6O. The molecule has 0 bridgehead atoms. The molecule has 0 radical (unpaired) electrons. The van der Waals surface area contributed by atoms with E-state index >= 15 is 0 Å². The molecule has 3 aromatic rings. The molecule has 1 heterocycles. The van der Waals surface area contributed by atoms with Crippen molar-refractivity contribution in [3.05, 3.63) is 65.0 Å². The van der Waals surface area contributed by atoms with Crippen LogP contribution in [0.3, 0.4) is 0 Å². The molecular weight excluding hydrogens is 364 g/mol.